The van der Waals surface area contributed by atoms with E-state index in [4.69, 9.17) is 4.74 Å². The van der Waals surface area contributed by atoms with Gasteiger partial charge in [-0.05, 0) is 13.8 Å². The zero-order valence-electron chi connectivity index (χ0n) is 10.7. The first-order chi connectivity index (χ1) is 8.95. The second kappa shape index (κ2) is 4.93. The molecule has 0 spiro atoms. The topological polar surface area (TPSA) is 85.2 Å². The molecule has 19 heavy (non-hydrogen) atoms. The molecule has 0 aromatic carbocycles. The van der Waals surface area contributed by atoms with Crippen molar-refractivity contribution < 1.29 is 14.6 Å². The Morgan fingerprint density at radius 1 is 1.42 bits per heavy atom. The van der Waals surface area contributed by atoms with E-state index in [1.807, 2.05) is 0 Å². The van der Waals surface area contributed by atoms with Gasteiger partial charge in [-0.1, -0.05) is 0 Å². The standard InChI is InChI=1S/C12H13N3O3S/c1-12(2,11(16)17)8-5-19-10(15-8)7-4-9(18-3)14-6-13-7/h4-6H,1-3H3,(H,16,17). The number of carbonyl (C=O) groups is 1. The first kappa shape index (κ1) is 13.4. The zero-order chi connectivity index (χ0) is 14.0. The van der Waals surface area contributed by atoms with E-state index < -0.39 is 11.4 Å². The zero-order valence-corrected chi connectivity index (χ0v) is 11.6. The predicted molar refractivity (Wildman–Crippen MR) is 70.4 cm³/mol. The number of nitrogens with zero attached hydrogens (tertiary/aromatic N) is 3. The molecule has 0 radical (unpaired) electrons. The van der Waals surface area contributed by atoms with Crippen LogP contribution in [0, 0.1) is 0 Å². The van der Waals surface area contributed by atoms with Gasteiger partial charge in [0.15, 0.2) is 0 Å². The molecule has 6 nitrogen and oxygen atoms in total. The summed E-state index contributed by atoms with van der Waals surface area (Å²) in [6.07, 6.45) is 1.39. The van der Waals surface area contributed by atoms with Crippen LogP contribution in [0.15, 0.2) is 17.8 Å². The van der Waals surface area contributed by atoms with Crippen LogP contribution in [0.3, 0.4) is 0 Å². The molecule has 100 valence electrons. The Balaban J connectivity index is 2.38. The molecule has 0 bridgehead atoms. The third kappa shape index (κ3) is 2.55. The lowest BCUT2D eigenvalue weighted by molar-refractivity contribution is -0.142. The number of aromatic nitrogens is 3. The Labute approximate surface area is 114 Å². The van der Waals surface area contributed by atoms with Gasteiger partial charge in [-0.3, -0.25) is 4.79 Å². The Hall–Kier alpha value is -2.02. The lowest BCUT2D eigenvalue weighted by Crippen LogP contribution is -2.28. The van der Waals surface area contributed by atoms with E-state index in [0.717, 1.165) is 0 Å². The van der Waals surface area contributed by atoms with Gasteiger partial charge in [0, 0.05) is 11.4 Å². The second-order valence-corrected chi connectivity index (χ2v) is 5.27. The molecule has 0 fully saturated rings. The van der Waals surface area contributed by atoms with Crippen molar-refractivity contribution in [3.05, 3.63) is 23.5 Å². The number of aliphatic carboxylic acids is 1. The van der Waals surface area contributed by atoms with E-state index in [-0.39, 0.29) is 0 Å². The summed E-state index contributed by atoms with van der Waals surface area (Å²) < 4.78 is 5.02. The summed E-state index contributed by atoms with van der Waals surface area (Å²) in [5, 5.41) is 11.6. The molecule has 2 aromatic heterocycles. The summed E-state index contributed by atoms with van der Waals surface area (Å²) >= 11 is 1.35. The summed E-state index contributed by atoms with van der Waals surface area (Å²) in [4.78, 5) is 23.6. The minimum Gasteiger partial charge on any atom is -0.481 e. The van der Waals surface area contributed by atoms with Crippen LogP contribution in [0.5, 0.6) is 5.88 Å². The van der Waals surface area contributed by atoms with Crippen LogP contribution in [0.2, 0.25) is 0 Å². The van der Waals surface area contributed by atoms with Gasteiger partial charge in [-0.2, -0.15) is 0 Å². The molecule has 0 amide bonds. The predicted octanol–water partition coefficient (Wildman–Crippen LogP) is 1.97. The number of hydrogen-bond acceptors (Lipinski definition) is 6. The Morgan fingerprint density at radius 3 is 2.79 bits per heavy atom. The molecule has 0 saturated heterocycles. The third-order valence-corrected chi connectivity index (χ3v) is 3.61. The first-order valence-corrected chi connectivity index (χ1v) is 6.39. The molecule has 2 aromatic rings. The molecule has 0 unspecified atom stereocenters. The van der Waals surface area contributed by atoms with Crippen LogP contribution in [0.25, 0.3) is 10.7 Å². The van der Waals surface area contributed by atoms with Crippen LogP contribution < -0.4 is 4.74 Å². The molecule has 2 heterocycles. The number of carboxylic acid groups (broad SMARTS) is 1. The number of methoxy groups -OCH3 is 1. The van der Waals surface area contributed by atoms with E-state index >= 15 is 0 Å². The van der Waals surface area contributed by atoms with Crippen LogP contribution in [0.4, 0.5) is 0 Å². The van der Waals surface area contributed by atoms with Gasteiger partial charge in [0.05, 0.1) is 12.8 Å². The van der Waals surface area contributed by atoms with Gasteiger partial charge in [0.2, 0.25) is 5.88 Å². The maximum atomic E-state index is 11.2. The molecule has 1 N–H and O–H groups in total. The highest BCUT2D eigenvalue weighted by Gasteiger charge is 2.32. The maximum Gasteiger partial charge on any atom is 0.315 e. The van der Waals surface area contributed by atoms with E-state index in [2.05, 4.69) is 15.0 Å². The fourth-order valence-electron chi connectivity index (χ4n) is 1.36. The summed E-state index contributed by atoms with van der Waals surface area (Å²) in [7, 11) is 1.52. The average molecular weight is 279 g/mol. The lowest BCUT2D eigenvalue weighted by Gasteiger charge is -2.15. The Bertz CT molecular complexity index is 610. The SMILES string of the molecule is COc1cc(-c2nc(C(C)(C)C(=O)O)cs2)ncn1. The number of hydrogen-bond donors (Lipinski definition) is 1. The average Bonchev–Trinajstić information content (AvgIpc) is 2.89. The Kier molecular flexibility index (Phi) is 3.48. The molecule has 0 aliphatic carbocycles. The van der Waals surface area contributed by atoms with Gasteiger partial charge in [-0.15, -0.1) is 11.3 Å². The summed E-state index contributed by atoms with van der Waals surface area (Å²) in [5.41, 5.74) is 0.105. The van der Waals surface area contributed by atoms with Gasteiger partial charge < -0.3 is 9.84 Å². The fraction of sp³-hybridized carbons (Fsp3) is 0.333. The number of rotatable bonds is 4. The number of ether oxygens (including phenoxy) is 1. The largest absolute Gasteiger partial charge is 0.481 e. The van der Waals surface area contributed by atoms with Gasteiger partial charge in [0.25, 0.3) is 0 Å². The fourth-order valence-corrected chi connectivity index (χ4v) is 2.31. The number of thiazole rings is 1. The van der Waals surface area contributed by atoms with Crippen molar-refractivity contribution in [1.82, 2.24) is 15.0 Å². The van der Waals surface area contributed by atoms with Gasteiger partial charge in [0.1, 0.15) is 22.4 Å². The molecular weight excluding hydrogens is 266 g/mol. The quantitative estimate of drug-likeness (QED) is 0.921. The molecule has 0 saturated carbocycles. The Morgan fingerprint density at radius 2 is 2.16 bits per heavy atom. The van der Waals surface area contributed by atoms with E-state index in [9.17, 15) is 9.90 Å². The molecule has 0 atom stereocenters. The van der Waals surface area contributed by atoms with Crippen molar-refractivity contribution >= 4 is 17.3 Å². The van der Waals surface area contributed by atoms with Crippen molar-refractivity contribution in [2.45, 2.75) is 19.3 Å². The van der Waals surface area contributed by atoms with E-state index in [1.165, 1.54) is 24.8 Å². The smallest absolute Gasteiger partial charge is 0.315 e. The van der Waals surface area contributed by atoms with E-state index in [0.29, 0.717) is 22.3 Å². The highest BCUT2D eigenvalue weighted by atomic mass is 32.1. The van der Waals surface area contributed by atoms with Crippen molar-refractivity contribution in [3.8, 4) is 16.6 Å². The molecular formula is C12H13N3O3S. The van der Waals surface area contributed by atoms with Crippen molar-refractivity contribution in [3.63, 3.8) is 0 Å². The van der Waals surface area contributed by atoms with Gasteiger partial charge >= 0.3 is 5.97 Å². The minimum atomic E-state index is -1.02. The second-order valence-electron chi connectivity index (χ2n) is 4.41. The van der Waals surface area contributed by atoms with E-state index in [1.54, 1.807) is 25.3 Å². The van der Waals surface area contributed by atoms with Crippen LogP contribution in [0.1, 0.15) is 19.5 Å². The van der Waals surface area contributed by atoms with Gasteiger partial charge in [-0.25, -0.2) is 15.0 Å². The summed E-state index contributed by atoms with van der Waals surface area (Å²) in [5.74, 6) is -0.469. The highest BCUT2D eigenvalue weighted by molar-refractivity contribution is 7.13. The van der Waals surface area contributed by atoms with Crippen molar-refractivity contribution in [1.29, 1.82) is 0 Å². The maximum absolute atomic E-state index is 11.2. The molecule has 0 aliphatic heterocycles. The van der Waals surface area contributed by atoms with Crippen LogP contribution >= 0.6 is 11.3 Å². The highest BCUT2D eigenvalue weighted by Crippen LogP contribution is 2.30. The van der Waals surface area contributed by atoms with Crippen LogP contribution in [-0.4, -0.2) is 33.1 Å². The lowest BCUT2D eigenvalue weighted by atomic mass is 9.90. The number of carboxylic acids is 1. The summed E-state index contributed by atoms with van der Waals surface area (Å²) in [6, 6.07) is 1.66. The van der Waals surface area contributed by atoms with Crippen molar-refractivity contribution in [2.24, 2.45) is 0 Å². The molecule has 2 rings (SSSR count). The van der Waals surface area contributed by atoms with Crippen LogP contribution in [-0.2, 0) is 10.2 Å². The monoisotopic (exact) mass is 279 g/mol. The normalized spacial score (nSPS) is 11.3. The molecule has 7 heteroatoms. The molecule has 0 aliphatic rings. The third-order valence-electron chi connectivity index (χ3n) is 2.75. The first-order valence-electron chi connectivity index (χ1n) is 5.51. The van der Waals surface area contributed by atoms with Crippen molar-refractivity contribution in [2.75, 3.05) is 7.11 Å². The summed E-state index contributed by atoms with van der Waals surface area (Å²) in [6.45, 7) is 3.24. The minimum absolute atomic E-state index is 0.444.